The third-order valence-electron chi connectivity index (χ3n) is 12.4. The van der Waals surface area contributed by atoms with Gasteiger partial charge in [0.15, 0.2) is 0 Å². The van der Waals surface area contributed by atoms with Crippen molar-refractivity contribution >= 4 is 133 Å². The Balaban J connectivity index is 1.29. The Hall–Kier alpha value is -6.24. The molecule has 1 aliphatic rings. The molecule has 0 spiro atoms. The molecule has 1 aliphatic carbocycles. The second-order valence-corrected chi connectivity index (χ2v) is 15.2. The van der Waals surface area contributed by atoms with Crippen molar-refractivity contribution in [3.8, 4) is 16.8 Å². The fourth-order valence-electron chi connectivity index (χ4n) is 9.24. The molecule has 1 aromatic heterocycles. The molecule has 1 heterocycles. The minimum Gasteiger partial charge on any atom is -0.308 e. The van der Waals surface area contributed by atoms with Crippen molar-refractivity contribution in [2.24, 2.45) is 0 Å². The molecule has 2 nitrogen and oxygen atoms in total. The van der Waals surface area contributed by atoms with E-state index in [-0.39, 0.29) is 0 Å². The topological polar surface area (TPSA) is 8.17 Å². The highest BCUT2D eigenvalue weighted by molar-refractivity contribution is 6.69. The van der Waals surface area contributed by atoms with Gasteiger partial charge in [-0.05, 0) is 87.7 Å². The number of allylic oxidation sites excluding steroid dienone is 1. The highest BCUT2D eigenvalue weighted by Gasteiger charge is 2.26. The van der Waals surface area contributed by atoms with Crippen molar-refractivity contribution < 1.29 is 0 Å². The summed E-state index contributed by atoms with van der Waals surface area (Å²) in [5.74, 6) is 0. The number of benzene rings is 7. The van der Waals surface area contributed by atoms with E-state index in [1.54, 1.807) is 0 Å². The quantitative estimate of drug-likeness (QED) is 0.195. The molecule has 10 rings (SSSR count). The van der Waals surface area contributed by atoms with Gasteiger partial charge in [0.05, 0.1) is 27.8 Å². The third kappa shape index (κ3) is 5.12. The molecule has 0 saturated carbocycles. The molecule has 0 N–H and O–H groups in total. The van der Waals surface area contributed by atoms with Crippen molar-refractivity contribution in [1.82, 2.24) is 4.57 Å². The van der Waals surface area contributed by atoms with E-state index in [1.807, 2.05) is 0 Å². The van der Waals surface area contributed by atoms with Crippen LogP contribution in [0.15, 0.2) is 133 Å². The Morgan fingerprint density at radius 3 is 1.95 bits per heavy atom. The summed E-state index contributed by atoms with van der Waals surface area (Å²) in [7, 11) is 11.4. The van der Waals surface area contributed by atoms with Gasteiger partial charge in [-0.1, -0.05) is 137 Å². The van der Waals surface area contributed by atoms with E-state index >= 15 is 0 Å². The summed E-state index contributed by atoms with van der Waals surface area (Å²) in [5, 5.41) is 7.47. The Kier molecular flexibility index (Phi) is 7.86. The lowest BCUT2D eigenvalue weighted by molar-refractivity contribution is 1.000. The molecule has 0 fully saturated rings. The van der Waals surface area contributed by atoms with E-state index in [9.17, 15) is 0 Å². The van der Waals surface area contributed by atoms with Crippen molar-refractivity contribution in [3.05, 3.63) is 157 Å². The van der Waals surface area contributed by atoms with Gasteiger partial charge in [0.25, 0.3) is 0 Å². The van der Waals surface area contributed by atoms with E-state index in [0.29, 0.717) is 0 Å². The fraction of sp³-hybridized carbons (Fsp3) is 0.0417. The number of aryl methyl sites for hydroxylation is 1. The lowest BCUT2D eigenvalue weighted by atomic mass is 9.61. The molecule has 0 unspecified atom stereocenters. The summed E-state index contributed by atoms with van der Waals surface area (Å²) in [6.45, 7) is 0. The zero-order valence-electron chi connectivity index (χ0n) is 32.1. The van der Waals surface area contributed by atoms with Crippen LogP contribution in [0.5, 0.6) is 0 Å². The summed E-state index contributed by atoms with van der Waals surface area (Å²) in [5.41, 5.74) is 18.6. The van der Waals surface area contributed by atoms with Gasteiger partial charge in [-0.15, -0.1) is 5.46 Å². The lowest BCUT2D eigenvalue weighted by Crippen LogP contribution is -2.56. The predicted octanol–water partition coefficient (Wildman–Crippen LogP) is 4.08. The van der Waals surface area contributed by atoms with Crippen LogP contribution < -0.4 is 32.2 Å². The van der Waals surface area contributed by atoms with Crippen LogP contribution in [0, 0.1) is 12.1 Å². The zero-order valence-corrected chi connectivity index (χ0v) is 32.1. The number of hydrogen-bond donors (Lipinski definition) is 0. The van der Waals surface area contributed by atoms with Crippen LogP contribution in [0.25, 0.3) is 66.2 Å². The highest BCUT2D eigenvalue weighted by atomic mass is 15.1. The van der Waals surface area contributed by atoms with Crippen molar-refractivity contribution in [3.63, 3.8) is 0 Å². The molecule has 0 amide bonds. The second-order valence-electron chi connectivity index (χ2n) is 15.2. The first-order valence-corrected chi connectivity index (χ1v) is 19.4. The monoisotopic (exact) mass is 696 g/mol. The summed E-state index contributed by atoms with van der Waals surface area (Å²) < 4.78 is 2.40. The van der Waals surface area contributed by atoms with Crippen LogP contribution in [-0.4, -0.2) is 43.8 Å². The third-order valence-corrected chi connectivity index (χ3v) is 12.4. The van der Waals surface area contributed by atoms with Crippen molar-refractivity contribution in [2.75, 3.05) is 4.90 Å². The van der Waals surface area contributed by atoms with Gasteiger partial charge in [-0.25, -0.2) is 0 Å². The zero-order chi connectivity index (χ0) is 37.4. The van der Waals surface area contributed by atoms with E-state index in [4.69, 9.17) is 0 Å². The average molecular weight is 696 g/mol. The van der Waals surface area contributed by atoms with Gasteiger partial charge in [0, 0.05) is 22.1 Å². The van der Waals surface area contributed by atoms with E-state index in [1.165, 1.54) is 87.9 Å². The number of fused-ring (bicyclic) bond motifs is 9. The minimum atomic E-state index is 0.979. The fourth-order valence-corrected chi connectivity index (χ4v) is 9.24. The molecule has 55 heavy (non-hydrogen) atoms. The molecule has 0 saturated heterocycles. The molecule has 7 heteroatoms. The smallest absolute Gasteiger partial charge is 0.141 e. The standard InChI is InChI=1S/C48H37B5N2/c49-43-44(50)46(52)48(47(53)45(43)51)55(40-20-10-18-38-34-14-5-4-13-32(34)33-15-6-7-17-37(33)42(38)40)31-25-26-36-35-16-8-9-19-39(35)54(41(36)27-31)30-23-21-29(22-24-30)28-11-2-1-3-12-28/h1-6,8-16,18-24,27H,7,17,49-53H2. The van der Waals surface area contributed by atoms with E-state index in [0.717, 1.165) is 40.6 Å². The number of para-hydroxylation sites is 1. The second kappa shape index (κ2) is 13.0. The summed E-state index contributed by atoms with van der Waals surface area (Å²) in [4.78, 5) is 2.51. The van der Waals surface area contributed by atoms with Gasteiger partial charge in [0.2, 0.25) is 0 Å². The highest BCUT2D eigenvalue weighted by Crippen LogP contribution is 2.45. The first-order chi connectivity index (χ1) is 26.9. The first-order valence-electron chi connectivity index (χ1n) is 19.4. The Morgan fingerprint density at radius 1 is 0.545 bits per heavy atom. The van der Waals surface area contributed by atoms with Gasteiger partial charge in [0.1, 0.15) is 39.2 Å². The van der Waals surface area contributed by atoms with Gasteiger partial charge in [-0.2, -0.15) is 0 Å². The number of nitrogens with zero attached hydrogens (tertiary/aromatic N) is 2. The average Bonchev–Trinajstić information content (AvgIpc) is 3.57. The normalized spacial score (nSPS) is 12.4. The van der Waals surface area contributed by atoms with E-state index in [2.05, 4.69) is 200 Å². The van der Waals surface area contributed by atoms with E-state index < -0.39 is 0 Å². The number of hydrogen-bond acceptors (Lipinski definition) is 1. The molecule has 0 aliphatic heterocycles. The van der Waals surface area contributed by atoms with Gasteiger partial charge >= 0.3 is 0 Å². The molecule has 254 valence electrons. The Labute approximate surface area is 327 Å². The molecule has 0 radical (unpaired) electrons. The SMILES string of the molecule is Bc1c(B)c(B)c(N(c2c#cc3c4ccccc4n(-c4ccc(-c5ccccc5)cc4)c3c2)c2cccc3c2c2c(c4ccccc43)C=CCC2)c(B)c1B. The maximum atomic E-state index is 3.76. The van der Waals surface area contributed by atoms with Crippen LogP contribution >= 0.6 is 0 Å². The van der Waals surface area contributed by atoms with Gasteiger partial charge in [-0.3, -0.25) is 0 Å². The largest absolute Gasteiger partial charge is 0.308 e. The number of rotatable bonds is 5. The Morgan fingerprint density at radius 2 is 1.18 bits per heavy atom. The van der Waals surface area contributed by atoms with Crippen LogP contribution in [0.3, 0.4) is 0 Å². The van der Waals surface area contributed by atoms with Crippen LogP contribution in [0.4, 0.5) is 17.1 Å². The van der Waals surface area contributed by atoms with Crippen molar-refractivity contribution in [1.29, 1.82) is 0 Å². The molecule has 8 aromatic carbocycles. The molecule has 9 aromatic rings. The van der Waals surface area contributed by atoms with Crippen molar-refractivity contribution in [2.45, 2.75) is 12.8 Å². The maximum Gasteiger partial charge on any atom is 0.141 e. The molecule has 0 atom stereocenters. The van der Waals surface area contributed by atoms with Gasteiger partial charge < -0.3 is 9.47 Å². The Bertz CT molecular complexity index is 3010. The molecular formula is C48H37B5N2. The lowest BCUT2D eigenvalue weighted by Gasteiger charge is -2.33. The minimum absolute atomic E-state index is 0.979. The summed E-state index contributed by atoms with van der Waals surface area (Å²) in [6.07, 6.45) is 6.73. The molecule has 0 bridgehead atoms. The summed E-state index contributed by atoms with van der Waals surface area (Å²) >= 11 is 0. The summed E-state index contributed by atoms with van der Waals surface area (Å²) in [6, 6.07) is 53.9. The maximum absolute atomic E-state index is 3.76. The number of aromatic nitrogens is 1. The van der Waals surface area contributed by atoms with Crippen LogP contribution in [0.1, 0.15) is 17.5 Å². The van der Waals surface area contributed by atoms with Crippen LogP contribution in [-0.2, 0) is 6.42 Å². The number of anilines is 3. The molecular weight excluding hydrogens is 659 g/mol. The van der Waals surface area contributed by atoms with Crippen LogP contribution in [0.2, 0.25) is 0 Å². The first kappa shape index (κ1) is 33.3. The predicted molar refractivity (Wildman–Crippen MR) is 252 cm³/mol.